The summed E-state index contributed by atoms with van der Waals surface area (Å²) in [4.78, 5) is 72.4. The van der Waals surface area contributed by atoms with E-state index in [-0.39, 0.29) is 49.6 Å². The number of benzene rings is 2. The number of carbonyl (C=O) groups excluding carboxylic acids is 4. The third-order valence-electron chi connectivity index (χ3n) is 11.2. The molecule has 4 aliphatic heterocycles. The first kappa shape index (κ1) is 34.8. The molecule has 2 N–H and O–H groups in total. The molecule has 0 radical (unpaired) electrons. The van der Waals surface area contributed by atoms with Gasteiger partial charge in [-0.15, -0.1) is 0 Å². The van der Waals surface area contributed by atoms with E-state index in [1.807, 2.05) is 60.7 Å². The number of ether oxygens (including phenoxy) is 2. The molecule has 7 rings (SSSR count). The number of aliphatic carboxylic acids is 1. The van der Waals surface area contributed by atoms with Crippen molar-refractivity contribution in [3.63, 3.8) is 0 Å². The highest BCUT2D eigenvalue weighted by Crippen LogP contribution is 2.48. The van der Waals surface area contributed by atoms with Crippen molar-refractivity contribution in [1.29, 1.82) is 0 Å². The molecular formula is C40H47N3O8. The zero-order valence-electron chi connectivity index (χ0n) is 29.5. The van der Waals surface area contributed by atoms with E-state index in [1.165, 1.54) is 0 Å². The van der Waals surface area contributed by atoms with Crippen LogP contribution in [0, 0.1) is 23.7 Å². The minimum absolute atomic E-state index is 0.107. The van der Waals surface area contributed by atoms with Crippen LogP contribution in [0.5, 0.6) is 11.5 Å². The molecule has 1 aliphatic carbocycles. The van der Waals surface area contributed by atoms with Gasteiger partial charge in [0.1, 0.15) is 28.7 Å². The van der Waals surface area contributed by atoms with Crippen LogP contribution in [0.1, 0.15) is 82.8 Å². The summed E-state index contributed by atoms with van der Waals surface area (Å²) in [6, 6.07) is 14.0. The van der Waals surface area contributed by atoms with Crippen LogP contribution in [0.4, 0.5) is 0 Å². The monoisotopic (exact) mass is 697 g/mol. The molecule has 3 fully saturated rings. The van der Waals surface area contributed by atoms with Crippen molar-refractivity contribution >= 4 is 29.7 Å². The minimum Gasteiger partial charge on any atom is -0.479 e. The maximum absolute atomic E-state index is 14.5. The Bertz CT molecular complexity index is 1720. The summed E-state index contributed by atoms with van der Waals surface area (Å²) in [6.07, 6.45) is 7.70. The van der Waals surface area contributed by atoms with Gasteiger partial charge >= 0.3 is 11.9 Å². The molecule has 6 atom stereocenters. The largest absolute Gasteiger partial charge is 0.479 e. The number of allylic oxidation sites excluding steroid dienone is 1. The molecule has 11 heteroatoms. The summed E-state index contributed by atoms with van der Waals surface area (Å²) in [7, 11) is 0. The minimum atomic E-state index is -1.44. The summed E-state index contributed by atoms with van der Waals surface area (Å²) in [5.41, 5.74) is -0.627. The fraction of sp³-hybridized carbons (Fsp3) is 0.525. The highest BCUT2D eigenvalue weighted by molar-refractivity contribution is 5.96. The molecule has 0 unspecified atom stereocenters. The van der Waals surface area contributed by atoms with Crippen molar-refractivity contribution in [2.45, 2.75) is 88.8 Å². The van der Waals surface area contributed by atoms with Gasteiger partial charge in [-0.2, -0.15) is 0 Å². The second-order valence-corrected chi connectivity index (χ2v) is 15.8. The first-order chi connectivity index (χ1) is 24.4. The van der Waals surface area contributed by atoms with E-state index < -0.39 is 52.8 Å². The average Bonchev–Trinajstić information content (AvgIpc) is 3.43. The lowest BCUT2D eigenvalue weighted by Crippen LogP contribution is -2.56. The van der Waals surface area contributed by atoms with Gasteiger partial charge in [0.2, 0.25) is 17.7 Å². The van der Waals surface area contributed by atoms with Gasteiger partial charge in [-0.3, -0.25) is 19.2 Å². The zero-order chi connectivity index (χ0) is 36.1. The molecule has 270 valence electrons. The lowest BCUT2D eigenvalue weighted by Gasteiger charge is -2.34. The first-order valence-electron chi connectivity index (χ1n) is 18.2. The smallest absolute Gasteiger partial charge is 0.330 e. The van der Waals surface area contributed by atoms with Crippen LogP contribution in [0.2, 0.25) is 0 Å². The first-order valence-corrected chi connectivity index (χ1v) is 18.2. The van der Waals surface area contributed by atoms with E-state index in [0.29, 0.717) is 24.5 Å². The molecule has 11 nitrogen and oxygen atoms in total. The Kier molecular flexibility index (Phi) is 9.18. The average molecular weight is 698 g/mol. The SMILES string of the molecule is CC(C)(C)OC(=O)C[C@@H]1CCCCC/C=C\[C@@H]2C[C@@]2(C(=O)O)NC(=O)[C@@H]2[C@H]3CN(C(=O)C4c5ccccc5Oc5ccccc54)C[C@H]3CN2C1=O. The van der Waals surface area contributed by atoms with Crippen LogP contribution in [0.3, 0.4) is 0 Å². The Morgan fingerprint density at radius 3 is 2.31 bits per heavy atom. The van der Waals surface area contributed by atoms with Crippen molar-refractivity contribution in [3.05, 3.63) is 71.8 Å². The highest BCUT2D eigenvalue weighted by atomic mass is 16.6. The predicted molar refractivity (Wildman–Crippen MR) is 187 cm³/mol. The van der Waals surface area contributed by atoms with E-state index in [0.717, 1.165) is 36.8 Å². The third-order valence-corrected chi connectivity index (χ3v) is 11.2. The molecule has 0 spiro atoms. The Morgan fingerprint density at radius 1 is 0.961 bits per heavy atom. The van der Waals surface area contributed by atoms with Crippen LogP contribution in [-0.4, -0.2) is 81.4 Å². The second-order valence-electron chi connectivity index (χ2n) is 15.8. The lowest BCUT2D eigenvalue weighted by molar-refractivity contribution is -0.159. The van der Waals surface area contributed by atoms with Crippen molar-refractivity contribution < 1.29 is 38.6 Å². The van der Waals surface area contributed by atoms with E-state index in [2.05, 4.69) is 5.32 Å². The molecular weight excluding hydrogens is 650 g/mol. The topological polar surface area (TPSA) is 143 Å². The Balaban J connectivity index is 1.19. The molecule has 2 aromatic rings. The number of esters is 1. The Morgan fingerprint density at radius 2 is 1.65 bits per heavy atom. The molecule has 2 saturated heterocycles. The van der Waals surface area contributed by atoms with Crippen LogP contribution >= 0.6 is 0 Å². The number of para-hydroxylation sites is 2. The molecule has 2 aromatic carbocycles. The third kappa shape index (κ3) is 6.74. The number of carbonyl (C=O) groups is 5. The number of likely N-dealkylation sites (tertiary alicyclic amines) is 1. The summed E-state index contributed by atoms with van der Waals surface area (Å²) < 4.78 is 11.7. The van der Waals surface area contributed by atoms with Crippen molar-refractivity contribution in [1.82, 2.24) is 15.1 Å². The Labute approximate surface area is 298 Å². The molecule has 4 heterocycles. The van der Waals surface area contributed by atoms with Gasteiger partial charge < -0.3 is 29.7 Å². The number of carboxylic acids is 1. The van der Waals surface area contributed by atoms with Gasteiger partial charge in [-0.05, 0) is 58.6 Å². The quantitative estimate of drug-likeness (QED) is 0.335. The molecule has 0 aromatic heterocycles. The fourth-order valence-corrected chi connectivity index (χ4v) is 8.63. The molecule has 1 saturated carbocycles. The zero-order valence-corrected chi connectivity index (χ0v) is 29.5. The Hall–Kier alpha value is -4.67. The number of hydrogen-bond acceptors (Lipinski definition) is 7. The highest BCUT2D eigenvalue weighted by Gasteiger charge is 2.63. The summed E-state index contributed by atoms with van der Waals surface area (Å²) in [5, 5.41) is 13.2. The fourth-order valence-electron chi connectivity index (χ4n) is 8.63. The second kappa shape index (κ2) is 13.5. The maximum atomic E-state index is 14.5. The van der Waals surface area contributed by atoms with Crippen molar-refractivity contribution in [2.75, 3.05) is 19.6 Å². The lowest BCUT2D eigenvalue weighted by atomic mass is 9.87. The number of carboxylic acid groups (broad SMARTS) is 1. The predicted octanol–water partition coefficient (Wildman–Crippen LogP) is 5.04. The molecule has 51 heavy (non-hydrogen) atoms. The van der Waals surface area contributed by atoms with Gasteiger partial charge in [-0.25, -0.2) is 4.79 Å². The molecule has 5 aliphatic rings. The van der Waals surface area contributed by atoms with E-state index in [9.17, 15) is 29.1 Å². The number of amides is 3. The normalized spacial score (nSPS) is 29.8. The van der Waals surface area contributed by atoms with Crippen LogP contribution in [0.15, 0.2) is 60.7 Å². The van der Waals surface area contributed by atoms with E-state index >= 15 is 0 Å². The van der Waals surface area contributed by atoms with Crippen molar-refractivity contribution in [3.8, 4) is 11.5 Å². The number of nitrogens with one attached hydrogen (secondary N) is 1. The van der Waals surface area contributed by atoms with Gasteiger partial charge in [0.25, 0.3) is 0 Å². The number of fused-ring (bicyclic) bond motifs is 6. The van der Waals surface area contributed by atoms with Crippen LogP contribution < -0.4 is 10.1 Å². The molecule has 0 bridgehead atoms. The molecule has 3 amide bonds. The summed E-state index contributed by atoms with van der Waals surface area (Å²) in [6.45, 7) is 6.14. The maximum Gasteiger partial charge on any atom is 0.330 e. The van der Waals surface area contributed by atoms with E-state index in [1.54, 1.807) is 30.6 Å². The number of nitrogens with zero attached hydrogens (tertiary/aromatic N) is 2. The summed E-state index contributed by atoms with van der Waals surface area (Å²) in [5.74, 6) is -3.55. The number of rotatable bonds is 4. The number of hydrogen-bond donors (Lipinski definition) is 2. The van der Waals surface area contributed by atoms with E-state index in [4.69, 9.17) is 9.47 Å². The van der Waals surface area contributed by atoms with Gasteiger partial charge in [0, 0.05) is 54.4 Å². The van der Waals surface area contributed by atoms with Crippen LogP contribution in [-0.2, 0) is 28.7 Å². The van der Waals surface area contributed by atoms with Gasteiger partial charge in [-0.1, -0.05) is 61.4 Å². The summed E-state index contributed by atoms with van der Waals surface area (Å²) >= 11 is 0. The standard InChI is InChI=1S/C40H47N3O8/c1-39(2,3)51-32(44)19-24-13-7-5-4-6-8-14-26-20-40(26,38(48)49)41-35(45)34-29-23-42(21-25(29)22-43(34)36(24)46)37(47)33-27-15-9-11-17-30(27)50-31-18-12-10-16-28(31)33/h8-12,14-18,24-26,29,33-34H,4-7,13,19-23H2,1-3H3,(H,41,45)(H,48,49)/b14-8-/t24-,25-,26+,29-,34-,40+/m0/s1. The van der Waals surface area contributed by atoms with Crippen LogP contribution in [0.25, 0.3) is 0 Å². The van der Waals surface area contributed by atoms with Gasteiger partial charge in [0.05, 0.1) is 12.3 Å². The van der Waals surface area contributed by atoms with Gasteiger partial charge in [0.15, 0.2) is 0 Å². The van der Waals surface area contributed by atoms with Crippen molar-refractivity contribution in [2.24, 2.45) is 23.7 Å².